The quantitative estimate of drug-likeness (QED) is 0.933. The highest BCUT2D eigenvalue weighted by molar-refractivity contribution is 5.30. The minimum Gasteiger partial charge on any atom is -0.497 e. The molecule has 1 aliphatic heterocycles. The highest BCUT2D eigenvalue weighted by Crippen LogP contribution is 2.25. The second-order valence-corrected chi connectivity index (χ2v) is 5.45. The maximum atomic E-state index is 5.25. The van der Waals surface area contributed by atoms with E-state index in [9.17, 15) is 0 Å². The van der Waals surface area contributed by atoms with Gasteiger partial charge in [-0.1, -0.05) is 42.5 Å². The molecule has 1 aliphatic rings. The summed E-state index contributed by atoms with van der Waals surface area (Å²) >= 11 is 0. The van der Waals surface area contributed by atoms with Gasteiger partial charge in [0, 0.05) is 32.2 Å². The Morgan fingerprint density at radius 1 is 1.10 bits per heavy atom. The van der Waals surface area contributed by atoms with Crippen LogP contribution in [0.25, 0.3) is 0 Å². The number of ether oxygens (including phenoxy) is 1. The summed E-state index contributed by atoms with van der Waals surface area (Å²) in [6.45, 7) is 4.13. The average molecular weight is 282 g/mol. The predicted molar refractivity (Wildman–Crippen MR) is 85.5 cm³/mol. The molecular formula is C18H22N2O. The largest absolute Gasteiger partial charge is 0.497 e. The molecule has 0 bridgehead atoms. The number of piperazine rings is 1. The number of rotatable bonds is 4. The first kappa shape index (κ1) is 14.1. The Balaban J connectivity index is 1.77. The molecule has 3 rings (SSSR count). The third kappa shape index (κ3) is 3.43. The van der Waals surface area contributed by atoms with Crippen LogP contribution < -0.4 is 10.1 Å². The third-order valence-electron chi connectivity index (χ3n) is 4.08. The SMILES string of the molecule is COc1ccc(C2CNCCN2Cc2ccccc2)cc1. The monoisotopic (exact) mass is 282 g/mol. The fourth-order valence-electron chi connectivity index (χ4n) is 2.91. The van der Waals surface area contributed by atoms with E-state index in [4.69, 9.17) is 4.74 Å². The van der Waals surface area contributed by atoms with Crippen LogP contribution in [0.5, 0.6) is 5.75 Å². The Morgan fingerprint density at radius 3 is 2.57 bits per heavy atom. The molecule has 0 saturated carbocycles. The zero-order valence-corrected chi connectivity index (χ0v) is 12.5. The Hall–Kier alpha value is -1.84. The van der Waals surface area contributed by atoms with Crippen LogP contribution in [-0.4, -0.2) is 31.6 Å². The lowest BCUT2D eigenvalue weighted by Crippen LogP contribution is -2.45. The van der Waals surface area contributed by atoms with Gasteiger partial charge in [0.15, 0.2) is 0 Å². The minimum atomic E-state index is 0.421. The molecule has 2 aromatic rings. The number of methoxy groups -OCH3 is 1. The van der Waals surface area contributed by atoms with Gasteiger partial charge in [0.1, 0.15) is 5.75 Å². The summed E-state index contributed by atoms with van der Waals surface area (Å²) in [4.78, 5) is 2.55. The molecule has 1 saturated heterocycles. The van der Waals surface area contributed by atoms with Crippen molar-refractivity contribution >= 4 is 0 Å². The highest BCUT2D eigenvalue weighted by atomic mass is 16.5. The maximum Gasteiger partial charge on any atom is 0.118 e. The lowest BCUT2D eigenvalue weighted by Gasteiger charge is -2.36. The van der Waals surface area contributed by atoms with Crippen molar-refractivity contribution in [3.05, 3.63) is 65.7 Å². The Kier molecular flexibility index (Phi) is 4.53. The molecule has 0 radical (unpaired) electrons. The zero-order chi connectivity index (χ0) is 14.5. The van der Waals surface area contributed by atoms with Gasteiger partial charge >= 0.3 is 0 Å². The first-order chi connectivity index (χ1) is 10.4. The van der Waals surface area contributed by atoms with Crippen LogP contribution in [0.2, 0.25) is 0 Å². The van der Waals surface area contributed by atoms with E-state index >= 15 is 0 Å². The molecule has 1 atom stereocenters. The summed E-state index contributed by atoms with van der Waals surface area (Å²) in [5.74, 6) is 0.914. The van der Waals surface area contributed by atoms with E-state index in [0.29, 0.717) is 6.04 Å². The van der Waals surface area contributed by atoms with Crippen LogP contribution in [0.3, 0.4) is 0 Å². The molecule has 3 nitrogen and oxygen atoms in total. The van der Waals surface area contributed by atoms with Gasteiger partial charge in [0.05, 0.1) is 7.11 Å². The van der Waals surface area contributed by atoms with Crippen molar-refractivity contribution in [1.29, 1.82) is 0 Å². The molecule has 1 fully saturated rings. The van der Waals surface area contributed by atoms with Crippen molar-refractivity contribution in [2.24, 2.45) is 0 Å². The summed E-state index contributed by atoms with van der Waals surface area (Å²) in [6.07, 6.45) is 0. The molecule has 1 N–H and O–H groups in total. The molecule has 3 heteroatoms. The molecule has 110 valence electrons. The normalized spacial score (nSPS) is 19.4. The number of hydrogen-bond acceptors (Lipinski definition) is 3. The lowest BCUT2D eigenvalue weighted by molar-refractivity contribution is 0.153. The topological polar surface area (TPSA) is 24.5 Å². The third-order valence-corrected chi connectivity index (χ3v) is 4.08. The Morgan fingerprint density at radius 2 is 1.86 bits per heavy atom. The van der Waals surface area contributed by atoms with Crippen LogP contribution >= 0.6 is 0 Å². The van der Waals surface area contributed by atoms with Crippen LogP contribution in [0.15, 0.2) is 54.6 Å². The average Bonchev–Trinajstić information content (AvgIpc) is 2.56. The Labute approximate surface area is 126 Å². The lowest BCUT2D eigenvalue weighted by atomic mass is 10.0. The van der Waals surface area contributed by atoms with Gasteiger partial charge < -0.3 is 10.1 Å². The van der Waals surface area contributed by atoms with Crippen LogP contribution in [0, 0.1) is 0 Å². The van der Waals surface area contributed by atoms with Gasteiger partial charge in [-0.2, -0.15) is 0 Å². The fourth-order valence-corrected chi connectivity index (χ4v) is 2.91. The number of nitrogens with zero attached hydrogens (tertiary/aromatic N) is 1. The fraction of sp³-hybridized carbons (Fsp3) is 0.333. The standard InChI is InChI=1S/C18H22N2O/c1-21-17-9-7-16(8-10-17)18-13-19-11-12-20(18)14-15-5-3-2-4-6-15/h2-10,18-19H,11-14H2,1H3. The summed E-state index contributed by atoms with van der Waals surface area (Å²) in [6, 6.07) is 19.6. The van der Waals surface area contributed by atoms with Crippen molar-refractivity contribution in [2.75, 3.05) is 26.7 Å². The smallest absolute Gasteiger partial charge is 0.118 e. The summed E-state index contributed by atoms with van der Waals surface area (Å²) in [5.41, 5.74) is 2.72. The van der Waals surface area contributed by atoms with Crippen molar-refractivity contribution in [1.82, 2.24) is 10.2 Å². The molecule has 1 unspecified atom stereocenters. The van der Waals surface area contributed by atoms with Gasteiger partial charge in [-0.15, -0.1) is 0 Å². The molecule has 21 heavy (non-hydrogen) atoms. The molecular weight excluding hydrogens is 260 g/mol. The minimum absolute atomic E-state index is 0.421. The zero-order valence-electron chi connectivity index (χ0n) is 12.5. The van der Waals surface area contributed by atoms with E-state index in [1.807, 2.05) is 12.1 Å². The van der Waals surface area contributed by atoms with Gasteiger partial charge in [-0.25, -0.2) is 0 Å². The second-order valence-electron chi connectivity index (χ2n) is 5.45. The van der Waals surface area contributed by atoms with Crippen molar-refractivity contribution in [2.45, 2.75) is 12.6 Å². The molecule has 1 heterocycles. The maximum absolute atomic E-state index is 5.25. The molecule has 0 aliphatic carbocycles. The first-order valence-electron chi connectivity index (χ1n) is 7.49. The summed E-state index contributed by atoms with van der Waals surface area (Å²) in [5, 5.41) is 3.50. The van der Waals surface area contributed by atoms with Gasteiger partial charge in [0.2, 0.25) is 0 Å². The van der Waals surface area contributed by atoms with Crippen LogP contribution in [-0.2, 0) is 6.54 Å². The van der Waals surface area contributed by atoms with E-state index in [2.05, 4.69) is 52.7 Å². The number of hydrogen-bond donors (Lipinski definition) is 1. The molecule has 0 spiro atoms. The van der Waals surface area contributed by atoms with E-state index in [1.165, 1.54) is 11.1 Å². The summed E-state index contributed by atoms with van der Waals surface area (Å²) < 4.78 is 5.25. The van der Waals surface area contributed by atoms with Gasteiger partial charge in [-0.3, -0.25) is 4.90 Å². The highest BCUT2D eigenvalue weighted by Gasteiger charge is 2.23. The molecule has 2 aromatic carbocycles. The van der Waals surface area contributed by atoms with Crippen molar-refractivity contribution in [3.63, 3.8) is 0 Å². The second kappa shape index (κ2) is 6.74. The van der Waals surface area contributed by atoms with Crippen molar-refractivity contribution < 1.29 is 4.74 Å². The van der Waals surface area contributed by atoms with E-state index in [0.717, 1.165) is 31.9 Å². The molecule has 0 amide bonds. The van der Waals surface area contributed by atoms with Crippen molar-refractivity contribution in [3.8, 4) is 5.75 Å². The number of nitrogens with one attached hydrogen (secondary N) is 1. The van der Waals surface area contributed by atoms with Crippen LogP contribution in [0.4, 0.5) is 0 Å². The van der Waals surface area contributed by atoms with E-state index in [1.54, 1.807) is 7.11 Å². The van der Waals surface area contributed by atoms with Gasteiger partial charge in [-0.05, 0) is 23.3 Å². The Bertz CT molecular complexity index is 553. The summed E-state index contributed by atoms with van der Waals surface area (Å²) in [7, 11) is 1.71. The predicted octanol–water partition coefficient (Wildman–Crippen LogP) is 2.84. The van der Waals surface area contributed by atoms with Gasteiger partial charge in [0.25, 0.3) is 0 Å². The van der Waals surface area contributed by atoms with Crippen LogP contribution in [0.1, 0.15) is 17.2 Å². The van der Waals surface area contributed by atoms with E-state index < -0.39 is 0 Å². The first-order valence-corrected chi connectivity index (χ1v) is 7.49. The van der Waals surface area contributed by atoms with E-state index in [-0.39, 0.29) is 0 Å². The molecule has 0 aromatic heterocycles. The number of benzene rings is 2.